The van der Waals surface area contributed by atoms with E-state index in [2.05, 4.69) is 0 Å². The molecule has 6 nitrogen and oxygen atoms in total. The van der Waals surface area contributed by atoms with Gasteiger partial charge in [-0.1, -0.05) is 0 Å². The Morgan fingerprint density at radius 2 is 2.00 bits per heavy atom. The Morgan fingerprint density at radius 3 is 2.66 bits per heavy atom. The number of rotatable bonds is 4. The maximum absolute atomic E-state index is 13.3. The quantitative estimate of drug-likeness (QED) is 0.702. The average molecular weight is 399 g/mol. The van der Waals surface area contributed by atoms with Crippen molar-refractivity contribution in [1.29, 1.82) is 0 Å². The minimum Gasteiger partial charge on any atom is -0.507 e. The van der Waals surface area contributed by atoms with Gasteiger partial charge >= 0.3 is 0 Å². The van der Waals surface area contributed by atoms with E-state index in [-0.39, 0.29) is 41.0 Å². The summed E-state index contributed by atoms with van der Waals surface area (Å²) in [5.74, 6) is -0.102. The zero-order chi connectivity index (χ0) is 20.7. The largest absolute Gasteiger partial charge is 0.507 e. The van der Waals surface area contributed by atoms with E-state index < -0.39 is 11.2 Å². The van der Waals surface area contributed by atoms with E-state index in [1.165, 1.54) is 43.5 Å². The lowest BCUT2D eigenvalue weighted by atomic mass is 9.89. The lowest BCUT2D eigenvalue weighted by Gasteiger charge is -2.25. The first-order valence-electron chi connectivity index (χ1n) is 9.39. The number of benzene rings is 2. The third kappa shape index (κ3) is 3.26. The van der Waals surface area contributed by atoms with Gasteiger partial charge in [0.15, 0.2) is 5.43 Å². The van der Waals surface area contributed by atoms with Gasteiger partial charge in [-0.3, -0.25) is 4.79 Å². The highest BCUT2D eigenvalue weighted by atomic mass is 19.1. The fourth-order valence-corrected chi connectivity index (χ4v) is 4.20. The monoisotopic (exact) mass is 399 g/mol. The van der Waals surface area contributed by atoms with Gasteiger partial charge in [-0.05, 0) is 44.3 Å². The van der Waals surface area contributed by atoms with E-state index in [1.54, 1.807) is 0 Å². The van der Waals surface area contributed by atoms with Crippen LogP contribution in [0.1, 0.15) is 17.9 Å². The van der Waals surface area contributed by atoms with Crippen LogP contribution >= 0.6 is 0 Å². The number of phenolic OH excluding ortho intramolecular Hbond substituents is 1. The molecule has 0 spiro atoms. The molecule has 0 saturated carbocycles. The average Bonchev–Trinajstić information content (AvgIpc) is 3.07. The summed E-state index contributed by atoms with van der Waals surface area (Å²) in [4.78, 5) is 14.9. The molecule has 1 aliphatic rings. The summed E-state index contributed by atoms with van der Waals surface area (Å²) in [6.45, 7) is 0.706. The summed E-state index contributed by atoms with van der Waals surface area (Å²) in [5.41, 5.74) is 1.01. The summed E-state index contributed by atoms with van der Waals surface area (Å²) in [5, 5.41) is 20.4. The van der Waals surface area contributed by atoms with Gasteiger partial charge in [-0.15, -0.1) is 0 Å². The Bertz CT molecular complexity index is 1110. The second kappa shape index (κ2) is 7.50. The van der Waals surface area contributed by atoms with Crippen molar-refractivity contribution in [2.45, 2.75) is 18.4 Å². The van der Waals surface area contributed by atoms with Gasteiger partial charge in [0.25, 0.3) is 0 Å². The highest BCUT2D eigenvalue weighted by Crippen LogP contribution is 2.44. The van der Waals surface area contributed by atoms with E-state index in [4.69, 9.17) is 9.15 Å². The molecule has 29 heavy (non-hydrogen) atoms. The van der Waals surface area contributed by atoms with Crippen LogP contribution in [0.5, 0.6) is 11.5 Å². The molecule has 0 unspecified atom stereocenters. The molecule has 2 heterocycles. The number of phenols is 1. The number of methoxy groups -OCH3 is 1. The topological polar surface area (TPSA) is 83.1 Å². The van der Waals surface area contributed by atoms with Crippen molar-refractivity contribution < 1.29 is 23.8 Å². The first kappa shape index (κ1) is 19.4. The Hall–Kier alpha value is -2.90. The zero-order valence-electron chi connectivity index (χ0n) is 16.2. The standard InChI is InChI=1S/C22H22FNO5/c1-24-8-7-14(15(24)11-25)20-19(28-2)10-17(27)21-16(26)9-18(29-22(20)21)12-3-5-13(23)6-4-12/h3-6,9-10,14-15,25,27H,7-8,11H2,1-2H3/t14-,15+/m0/s1. The van der Waals surface area contributed by atoms with Gasteiger partial charge in [0, 0.05) is 35.2 Å². The van der Waals surface area contributed by atoms with E-state index in [0.29, 0.717) is 16.9 Å². The number of aliphatic hydroxyl groups is 1. The molecule has 3 aromatic rings. The number of likely N-dealkylation sites (tertiary alicyclic amines) is 1. The SMILES string of the molecule is COc1cc(O)c2c(=O)cc(-c3ccc(F)cc3)oc2c1[C@H]1CCN(C)[C@@H]1CO. The van der Waals surface area contributed by atoms with E-state index in [0.717, 1.165) is 13.0 Å². The molecule has 152 valence electrons. The molecule has 1 fully saturated rings. The fourth-order valence-electron chi connectivity index (χ4n) is 4.20. The Kier molecular flexibility index (Phi) is 5.02. The Morgan fingerprint density at radius 1 is 1.28 bits per heavy atom. The van der Waals surface area contributed by atoms with Crippen molar-refractivity contribution in [3.63, 3.8) is 0 Å². The first-order chi connectivity index (χ1) is 13.9. The second-order valence-electron chi connectivity index (χ2n) is 7.32. The maximum Gasteiger partial charge on any atom is 0.197 e. The molecule has 2 N–H and O–H groups in total. The maximum atomic E-state index is 13.3. The normalized spacial score (nSPS) is 19.7. The molecule has 1 saturated heterocycles. The zero-order valence-corrected chi connectivity index (χ0v) is 16.2. The van der Waals surface area contributed by atoms with Crippen molar-refractivity contribution in [2.75, 3.05) is 27.3 Å². The van der Waals surface area contributed by atoms with Gasteiger partial charge in [0.1, 0.15) is 34.0 Å². The lowest BCUT2D eigenvalue weighted by Crippen LogP contribution is -2.32. The van der Waals surface area contributed by atoms with Crippen molar-refractivity contribution in [2.24, 2.45) is 0 Å². The molecule has 0 bridgehead atoms. The van der Waals surface area contributed by atoms with Crippen molar-refractivity contribution in [1.82, 2.24) is 4.90 Å². The molecule has 2 aromatic carbocycles. The highest BCUT2D eigenvalue weighted by molar-refractivity contribution is 5.90. The number of fused-ring (bicyclic) bond motifs is 1. The van der Waals surface area contributed by atoms with Gasteiger partial charge < -0.3 is 24.3 Å². The van der Waals surface area contributed by atoms with Crippen LogP contribution in [-0.4, -0.2) is 48.5 Å². The summed E-state index contributed by atoms with van der Waals surface area (Å²) in [7, 11) is 3.41. The molecular formula is C22H22FNO5. The number of halogens is 1. The smallest absolute Gasteiger partial charge is 0.197 e. The van der Waals surface area contributed by atoms with Crippen molar-refractivity contribution in [3.05, 3.63) is 58.0 Å². The van der Waals surface area contributed by atoms with Crippen LogP contribution in [0.15, 0.2) is 45.6 Å². The molecule has 7 heteroatoms. The van der Waals surface area contributed by atoms with Gasteiger partial charge in [0.05, 0.1) is 13.7 Å². The van der Waals surface area contributed by atoms with Crippen LogP contribution in [0.4, 0.5) is 4.39 Å². The second-order valence-corrected chi connectivity index (χ2v) is 7.32. The third-order valence-corrected chi connectivity index (χ3v) is 5.71. The molecule has 0 radical (unpaired) electrons. The van der Waals surface area contributed by atoms with Crippen LogP contribution in [0.3, 0.4) is 0 Å². The summed E-state index contributed by atoms with van der Waals surface area (Å²) >= 11 is 0. The molecule has 1 aliphatic heterocycles. The fraction of sp³-hybridized carbons (Fsp3) is 0.318. The number of nitrogens with zero attached hydrogens (tertiary/aromatic N) is 1. The summed E-state index contributed by atoms with van der Waals surface area (Å²) in [6, 6.07) is 8.16. The van der Waals surface area contributed by atoms with Crippen molar-refractivity contribution >= 4 is 11.0 Å². The number of hydrogen-bond acceptors (Lipinski definition) is 6. The van der Waals surface area contributed by atoms with Crippen LogP contribution < -0.4 is 10.2 Å². The van der Waals surface area contributed by atoms with Crippen molar-refractivity contribution in [3.8, 4) is 22.8 Å². The summed E-state index contributed by atoms with van der Waals surface area (Å²) < 4.78 is 24.9. The first-order valence-corrected chi connectivity index (χ1v) is 9.39. The Labute approximate surface area is 166 Å². The summed E-state index contributed by atoms with van der Waals surface area (Å²) in [6.07, 6.45) is 0.739. The minimum absolute atomic E-state index is 0.0609. The predicted molar refractivity (Wildman–Crippen MR) is 107 cm³/mol. The van der Waals surface area contributed by atoms with Gasteiger partial charge in [-0.25, -0.2) is 4.39 Å². The lowest BCUT2D eigenvalue weighted by molar-refractivity contribution is 0.171. The predicted octanol–water partition coefficient (Wildman–Crippen LogP) is 3.09. The van der Waals surface area contributed by atoms with Gasteiger partial charge in [-0.2, -0.15) is 0 Å². The van der Waals surface area contributed by atoms with E-state index >= 15 is 0 Å². The molecule has 4 rings (SSSR count). The van der Waals surface area contributed by atoms with Crippen LogP contribution in [0.25, 0.3) is 22.3 Å². The third-order valence-electron chi connectivity index (χ3n) is 5.71. The van der Waals surface area contributed by atoms with Crippen LogP contribution in [0.2, 0.25) is 0 Å². The molecule has 0 amide bonds. The Balaban J connectivity index is 2.01. The number of aliphatic hydroxyl groups excluding tert-OH is 1. The molecular weight excluding hydrogens is 377 g/mol. The molecule has 2 atom stereocenters. The number of ether oxygens (including phenoxy) is 1. The number of aromatic hydroxyl groups is 1. The van der Waals surface area contributed by atoms with Gasteiger partial charge in [0.2, 0.25) is 0 Å². The van der Waals surface area contributed by atoms with E-state index in [9.17, 15) is 19.4 Å². The molecule has 1 aromatic heterocycles. The van der Waals surface area contributed by atoms with E-state index in [1.807, 2.05) is 11.9 Å². The number of hydrogen-bond donors (Lipinski definition) is 2. The number of likely N-dealkylation sites (N-methyl/N-ethyl adjacent to an activating group) is 1. The van der Waals surface area contributed by atoms with Crippen LogP contribution in [-0.2, 0) is 0 Å². The molecule has 0 aliphatic carbocycles. The minimum atomic E-state index is -0.404. The highest BCUT2D eigenvalue weighted by Gasteiger charge is 2.37. The van der Waals surface area contributed by atoms with Crippen LogP contribution in [0, 0.1) is 5.82 Å².